The first-order chi connectivity index (χ1) is 33.1. The third-order valence-corrected chi connectivity index (χ3v) is 13.6. The molecule has 2 rings (SSSR count). The Balaban J connectivity index is 2.08. The molecular formula is C52H89O16P. The average molecular weight is 1000 g/mol. The van der Waals surface area contributed by atoms with Gasteiger partial charge >= 0.3 is 19.8 Å². The highest BCUT2D eigenvalue weighted by Crippen LogP contribution is 2.47. The van der Waals surface area contributed by atoms with E-state index in [1.165, 1.54) is 37.8 Å². The molecular weight excluding hydrogens is 912 g/mol. The molecule has 1 aliphatic heterocycles. The molecule has 17 heteroatoms. The van der Waals surface area contributed by atoms with Crippen molar-refractivity contribution in [1.29, 1.82) is 0 Å². The van der Waals surface area contributed by atoms with Gasteiger partial charge in [-0.1, -0.05) is 139 Å². The van der Waals surface area contributed by atoms with E-state index in [4.69, 9.17) is 18.5 Å². The zero-order valence-corrected chi connectivity index (χ0v) is 42.3. The Morgan fingerprint density at radius 1 is 0.739 bits per heavy atom. The molecule has 1 saturated carbocycles. The van der Waals surface area contributed by atoms with Crippen LogP contribution in [0.1, 0.15) is 168 Å². The lowest BCUT2D eigenvalue weighted by atomic mass is 9.83. The third-order valence-electron chi connectivity index (χ3n) is 12.6. The Kier molecular flexibility index (Phi) is 33.7. The fourth-order valence-electron chi connectivity index (χ4n) is 8.35. The first kappa shape index (κ1) is 62.5. The zero-order valence-electron chi connectivity index (χ0n) is 41.4. The molecule has 398 valence electrons. The van der Waals surface area contributed by atoms with Crippen molar-refractivity contribution in [2.75, 3.05) is 13.2 Å². The number of aliphatic hydroxyl groups is 8. The van der Waals surface area contributed by atoms with Gasteiger partial charge in [-0.2, -0.15) is 0 Å². The Morgan fingerprint density at radius 2 is 1.33 bits per heavy atom. The first-order valence-electron chi connectivity index (χ1n) is 25.8. The van der Waals surface area contributed by atoms with E-state index in [2.05, 4.69) is 43.4 Å². The van der Waals surface area contributed by atoms with Crippen molar-refractivity contribution < 1.29 is 78.4 Å². The molecule has 1 heterocycles. The molecule has 0 radical (unpaired) electrons. The minimum Gasteiger partial charge on any atom is -0.462 e. The summed E-state index contributed by atoms with van der Waals surface area (Å²) in [7, 11) is -5.45. The molecule has 1 unspecified atom stereocenters. The van der Waals surface area contributed by atoms with E-state index in [1.807, 2.05) is 6.92 Å². The number of carbonyl (C=O) groups excluding carboxylic acids is 2. The van der Waals surface area contributed by atoms with E-state index >= 15 is 0 Å². The Labute approximate surface area is 411 Å². The summed E-state index contributed by atoms with van der Waals surface area (Å²) in [5.74, 6) is -4.06. The molecule has 1 fully saturated rings. The van der Waals surface area contributed by atoms with Crippen LogP contribution in [0.25, 0.3) is 0 Å². The molecule has 0 aromatic rings. The number of ether oxygens (including phenoxy) is 2. The number of fused-ring (bicyclic) bond motifs is 4. The zero-order chi connectivity index (χ0) is 50.9. The maximum atomic E-state index is 13.6. The minimum absolute atomic E-state index is 0.0144. The number of phosphoric acid groups is 1. The molecule has 0 saturated heterocycles. The number of hydrogen-bond donors (Lipinski definition) is 9. The molecule has 0 aromatic carbocycles. The quantitative estimate of drug-likeness (QED) is 0.0188. The van der Waals surface area contributed by atoms with Crippen molar-refractivity contribution in [3.63, 3.8) is 0 Å². The molecule has 0 amide bonds. The summed E-state index contributed by atoms with van der Waals surface area (Å²) in [6.45, 7) is 2.81. The van der Waals surface area contributed by atoms with Gasteiger partial charge in [0, 0.05) is 31.1 Å². The number of rotatable bonds is 25. The predicted molar refractivity (Wildman–Crippen MR) is 264 cm³/mol. The predicted octanol–water partition coefficient (Wildman–Crippen LogP) is 7.27. The Bertz CT molecular complexity index is 1570. The molecule has 16 nitrogen and oxygen atoms in total. The van der Waals surface area contributed by atoms with E-state index in [0.29, 0.717) is 32.1 Å². The van der Waals surface area contributed by atoms with Gasteiger partial charge in [-0.25, -0.2) is 4.57 Å². The van der Waals surface area contributed by atoms with Crippen molar-refractivity contribution in [2.45, 2.75) is 229 Å². The molecule has 2 bridgehead atoms. The maximum absolute atomic E-state index is 13.6. The fraction of sp³-hybridized carbons (Fsp3) is 0.769. The number of aliphatic hydroxyl groups excluding tert-OH is 8. The molecule has 0 aromatic heterocycles. The van der Waals surface area contributed by atoms with Gasteiger partial charge in [-0.3, -0.25) is 18.6 Å². The van der Waals surface area contributed by atoms with Crippen LogP contribution in [0.3, 0.4) is 0 Å². The number of phosphoric ester groups is 1. The second kappa shape index (κ2) is 37.2. The van der Waals surface area contributed by atoms with Gasteiger partial charge in [0.1, 0.15) is 31.0 Å². The van der Waals surface area contributed by atoms with Crippen molar-refractivity contribution in [3.05, 3.63) is 60.8 Å². The van der Waals surface area contributed by atoms with Crippen LogP contribution >= 0.6 is 7.82 Å². The third kappa shape index (κ3) is 27.2. The summed E-state index contributed by atoms with van der Waals surface area (Å²) in [4.78, 5) is 36.6. The summed E-state index contributed by atoms with van der Waals surface area (Å²) in [5, 5.41) is 90.2. The first-order valence-corrected chi connectivity index (χ1v) is 27.3. The van der Waals surface area contributed by atoms with E-state index in [0.717, 1.165) is 70.6 Å². The van der Waals surface area contributed by atoms with Crippen LogP contribution in [0, 0.1) is 11.8 Å². The topological polar surface area (TPSA) is 270 Å². The normalized spacial score (nSPS) is 31.7. The molecule has 0 spiro atoms. The fourth-order valence-corrected chi connectivity index (χ4v) is 9.32. The largest absolute Gasteiger partial charge is 0.472 e. The maximum Gasteiger partial charge on any atom is 0.472 e. The molecule has 2 aliphatic rings. The van der Waals surface area contributed by atoms with E-state index in [1.54, 1.807) is 12.2 Å². The van der Waals surface area contributed by atoms with Crippen LogP contribution in [-0.4, -0.2) is 132 Å². The summed E-state index contributed by atoms with van der Waals surface area (Å²) in [5.41, 5.74) is 0. The lowest BCUT2D eigenvalue weighted by Crippen LogP contribution is -2.55. The highest BCUT2D eigenvalue weighted by Gasteiger charge is 2.49. The molecule has 69 heavy (non-hydrogen) atoms. The van der Waals surface area contributed by atoms with Crippen LogP contribution < -0.4 is 0 Å². The number of allylic oxidation sites excluding steroid dienone is 8. The minimum atomic E-state index is -5.45. The van der Waals surface area contributed by atoms with Gasteiger partial charge in [0.25, 0.3) is 0 Å². The monoisotopic (exact) mass is 1000 g/mol. The van der Waals surface area contributed by atoms with Gasteiger partial charge in [0.2, 0.25) is 0 Å². The molecule has 9 N–H and O–H groups in total. The van der Waals surface area contributed by atoms with Gasteiger partial charge < -0.3 is 55.2 Å². The van der Waals surface area contributed by atoms with Crippen molar-refractivity contribution in [2.24, 2.45) is 11.8 Å². The number of unbranched alkanes of at least 4 members (excludes halogenated alkanes) is 12. The Hall–Kier alpha value is -2.57. The number of esters is 2. The molecule has 1 aliphatic carbocycles. The molecule has 13 atom stereocenters. The number of cyclic esters (lactones) is 1. The van der Waals surface area contributed by atoms with Crippen LogP contribution in [0.5, 0.6) is 0 Å². The van der Waals surface area contributed by atoms with E-state index in [9.17, 15) is 59.9 Å². The lowest BCUT2D eigenvalue weighted by molar-refractivity contribution is -0.167. The van der Waals surface area contributed by atoms with Gasteiger partial charge in [0.15, 0.2) is 6.10 Å². The van der Waals surface area contributed by atoms with Crippen molar-refractivity contribution >= 4 is 19.8 Å². The standard InChI is InChI=1S/C52H89O16P/c1-3-5-7-8-9-10-11-12-13-14-15-16-17-18-19-20-21-22-23-29-33-46(57)67-40-37-65-45(56)32-28-25-24-27-31-41-43(54)36-44(55)42(35-34-39(53)30-26-6-4-2)48(59)50(61)52(51(62)49(60)47(41)58)68-69(63,64)66-38-40/h10-11,13-14,16-17,24,27,34-35,39-44,47-55,58-62H,3-9,12,15,18-23,25-26,28-33,36-38H2,1-2H3,(H,63,64)/b11-10-,14-13-,17-16-,27-24+,35-34+/t39-,40+,41-,42-,43-,44+,47+,48+,49-,50+,51+,52+/m0/s1. The Morgan fingerprint density at radius 3 is 2.00 bits per heavy atom. The lowest BCUT2D eigenvalue weighted by Gasteiger charge is -2.37. The second-order valence-electron chi connectivity index (χ2n) is 18.6. The SMILES string of the molecule is CCCCCC/C=C\C/C=C\C/C=C\CCCCCCCCC(=O)O[C@@H]1COC(=O)CCC/C=C/C[C@@H]2[C@@H](O)[C@H](O)[C@@H](O)[C@H](OP(=O)(O)OC1)[C@H](O)[C@H](O)[C@@H](/C=C/[C@@H](O)CCCCC)[C@H](O)C[C@@H]2O. The summed E-state index contributed by atoms with van der Waals surface area (Å²) in [6.07, 6.45) is 17.2. The van der Waals surface area contributed by atoms with Crippen LogP contribution in [-0.2, 0) is 32.7 Å². The van der Waals surface area contributed by atoms with Gasteiger partial charge in [-0.05, 0) is 70.6 Å². The summed E-state index contributed by atoms with van der Waals surface area (Å²) in [6, 6.07) is 0. The van der Waals surface area contributed by atoms with Crippen molar-refractivity contribution in [3.8, 4) is 0 Å². The summed E-state index contributed by atoms with van der Waals surface area (Å²) >= 11 is 0. The second-order valence-corrected chi connectivity index (χ2v) is 20.0. The highest BCUT2D eigenvalue weighted by molar-refractivity contribution is 7.47. The number of hydrogen-bond acceptors (Lipinski definition) is 15. The van der Waals surface area contributed by atoms with Crippen molar-refractivity contribution in [1.82, 2.24) is 0 Å². The van der Waals surface area contributed by atoms with Crippen LogP contribution in [0.4, 0.5) is 0 Å². The van der Waals surface area contributed by atoms with Crippen LogP contribution in [0.15, 0.2) is 60.8 Å². The van der Waals surface area contributed by atoms with Gasteiger partial charge in [-0.15, -0.1) is 0 Å². The van der Waals surface area contributed by atoms with Gasteiger partial charge in [0.05, 0.1) is 37.1 Å². The number of carbonyl (C=O) groups is 2. The smallest absolute Gasteiger partial charge is 0.462 e. The van der Waals surface area contributed by atoms with E-state index < -0.39 is 112 Å². The average Bonchev–Trinajstić information content (AvgIpc) is 3.32. The highest BCUT2D eigenvalue weighted by atomic mass is 31.2. The van der Waals surface area contributed by atoms with Crippen LogP contribution in [0.2, 0.25) is 0 Å². The van der Waals surface area contributed by atoms with E-state index in [-0.39, 0.29) is 19.3 Å². The summed E-state index contributed by atoms with van der Waals surface area (Å²) < 4.78 is 34.8.